The van der Waals surface area contributed by atoms with Crippen LogP contribution in [0.25, 0.3) is 98.1 Å². The Labute approximate surface area is 300 Å². The molecule has 0 aliphatic heterocycles. The summed E-state index contributed by atoms with van der Waals surface area (Å²) in [5.41, 5.74) is 13.5. The van der Waals surface area contributed by atoms with Crippen molar-refractivity contribution >= 4 is 64.9 Å². The van der Waals surface area contributed by atoms with Crippen molar-refractivity contribution in [2.75, 3.05) is 0 Å². The van der Waals surface area contributed by atoms with Crippen LogP contribution in [0.3, 0.4) is 0 Å². The molecule has 0 saturated carbocycles. The van der Waals surface area contributed by atoms with Gasteiger partial charge in [0.05, 0.1) is 0 Å². The molecule has 1 nitrogen and oxygen atoms in total. The number of benzene rings is 8. The molecule has 0 saturated heterocycles. The lowest BCUT2D eigenvalue weighted by molar-refractivity contribution is 0.669. The zero-order valence-corrected chi connectivity index (χ0v) is 29.1. The second-order valence-corrected chi connectivity index (χ2v) is 15.4. The van der Waals surface area contributed by atoms with E-state index in [1.165, 1.54) is 92.0 Å². The van der Waals surface area contributed by atoms with E-state index >= 15 is 0 Å². The molecule has 0 amide bonds. The van der Waals surface area contributed by atoms with E-state index in [2.05, 4.69) is 166 Å². The smallest absolute Gasteiger partial charge is 0.136 e. The Hall–Kier alpha value is -5.96. The van der Waals surface area contributed by atoms with E-state index in [1.54, 1.807) is 0 Å². The minimum absolute atomic E-state index is 0.0251. The summed E-state index contributed by atoms with van der Waals surface area (Å²) in [6.45, 7) is 4.74. The van der Waals surface area contributed by atoms with Gasteiger partial charge in [-0.15, -0.1) is 11.3 Å². The van der Waals surface area contributed by atoms with Gasteiger partial charge >= 0.3 is 0 Å². The van der Waals surface area contributed by atoms with Gasteiger partial charge in [-0.1, -0.05) is 153 Å². The summed E-state index contributed by atoms with van der Waals surface area (Å²) in [6.07, 6.45) is 0. The van der Waals surface area contributed by atoms with Crippen LogP contribution < -0.4 is 0 Å². The first-order valence-electron chi connectivity index (χ1n) is 17.7. The topological polar surface area (TPSA) is 13.1 Å². The molecule has 11 rings (SSSR count). The lowest BCUT2D eigenvalue weighted by Crippen LogP contribution is -2.13. The summed E-state index contributed by atoms with van der Waals surface area (Å²) in [5, 5.41) is 8.67. The van der Waals surface area contributed by atoms with Crippen LogP contribution in [0.5, 0.6) is 0 Å². The van der Waals surface area contributed by atoms with Gasteiger partial charge in [0.25, 0.3) is 0 Å². The molecule has 1 aliphatic rings. The molecule has 0 N–H and O–H groups in total. The van der Waals surface area contributed by atoms with Crippen LogP contribution in [-0.4, -0.2) is 0 Å². The molecule has 2 heterocycles. The SMILES string of the molecule is CC1(C)c2ccccc2-c2c1sc1cc(-c3ccc(-c4c5ccccc5c(-c5cccc6oc7ccccc7c56)c5ccccc45)cc3)ccc21. The summed E-state index contributed by atoms with van der Waals surface area (Å²) in [5.74, 6) is 0. The van der Waals surface area contributed by atoms with Crippen LogP contribution in [0.4, 0.5) is 0 Å². The average molecular weight is 669 g/mol. The number of fused-ring (bicyclic) bond motifs is 10. The van der Waals surface area contributed by atoms with Gasteiger partial charge < -0.3 is 4.42 Å². The zero-order valence-electron chi connectivity index (χ0n) is 28.3. The molecule has 10 aromatic rings. The Morgan fingerprint density at radius 3 is 1.75 bits per heavy atom. The summed E-state index contributed by atoms with van der Waals surface area (Å²) < 4.78 is 7.70. The van der Waals surface area contributed by atoms with Crippen molar-refractivity contribution in [3.05, 3.63) is 168 Å². The Morgan fingerprint density at radius 1 is 0.431 bits per heavy atom. The van der Waals surface area contributed by atoms with Crippen molar-refractivity contribution in [3.63, 3.8) is 0 Å². The van der Waals surface area contributed by atoms with Gasteiger partial charge in [0, 0.05) is 36.7 Å². The Bertz CT molecular complexity index is 2990. The van der Waals surface area contributed by atoms with Crippen LogP contribution in [0.1, 0.15) is 24.3 Å². The molecule has 0 radical (unpaired) electrons. The number of hydrogen-bond donors (Lipinski definition) is 0. The highest BCUT2D eigenvalue weighted by Gasteiger charge is 2.38. The largest absolute Gasteiger partial charge is 0.456 e. The molecule has 0 bridgehead atoms. The van der Waals surface area contributed by atoms with Crippen LogP contribution in [0.2, 0.25) is 0 Å². The van der Waals surface area contributed by atoms with Crippen molar-refractivity contribution in [1.82, 2.24) is 0 Å². The summed E-state index contributed by atoms with van der Waals surface area (Å²) in [4.78, 5) is 1.48. The van der Waals surface area contributed by atoms with Crippen LogP contribution in [0, 0.1) is 0 Å². The van der Waals surface area contributed by atoms with Crippen molar-refractivity contribution < 1.29 is 4.42 Å². The number of furan rings is 1. The second-order valence-electron chi connectivity index (χ2n) is 14.4. The maximum absolute atomic E-state index is 6.34. The van der Waals surface area contributed by atoms with Gasteiger partial charge in [-0.2, -0.15) is 0 Å². The summed E-state index contributed by atoms with van der Waals surface area (Å²) in [6, 6.07) is 57.8. The lowest BCUT2D eigenvalue weighted by Gasteiger charge is -2.19. The molecule has 2 aromatic heterocycles. The zero-order chi connectivity index (χ0) is 33.8. The first-order chi connectivity index (χ1) is 25.1. The number of thiophene rings is 1. The minimum atomic E-state index is 0.0251. The van der Waals surface area contributed by atoms with E-state index in [9.17, 15) is 0 Å². The molecule has 0 spiro atoms. The molecule has 8 aromatic carbocycles. The Morgan fingerprint density at radius 2 is 1.00 bits per heavy atom. The first kappa shape index (κ1) is 28.8. The highest BCUT2D eigenvalue weighted by Crippen LogP contribution is 2.55. The Kier molecular flexibility index (Phi) is 5.95. The van der Waals surface area contributed by atoms with E-state index in [1.807, 2.05) is 17.4 Å². The van der Waals surface area contributed by atoms with Gasteiger partial charge in [-0.25, -0.2) is 0 Å². The highest BCUT2D eigenvalue weighted by atomic mass is 32.1. The van der Waals surface area contributed by atoms with Gasteiger partial charge in [-0.3, -0.25) is 0 Å². The molecule has 0 atom stereocenters. The average Bonchev–Trinajstić information content (AvgIpc) is 3.82. The predicted molar refractivity (Wildman–Crippen MR) is 218 cm³/mol. The fourth-order valence-electron chi connectivity index (χ4n) is 8.89. The number of hydrogen-bond acceptors (Lipinski definition) is 2. The van der Waals surface area contributed by atoms with Gasteiger partial charge in [0.15, 0.2) is 0 Å². The number of rotatable bonds is 3. The van der Waals surface area contributed by atoms with Crippen LogP contribution in [-0.2, 0) is 5.41 Å². The third-order valence-electron chi connectivity index (χ3n) is 11.2. The van der Waals surface area contributed by atoms with Crippen LogP contribution >= 0.6 is 11.3 Å². The fourth-order valence-corrected chi connectivity index (χ4v) is 10.3. The van der Waals surface area contributed by atoms with Crippen molar-refractivity contribution in [2.45, 2.75) is 19.3 Å². The molecule has 1 aliphatic carbocycles. The molecule has 240 valence electrons. The van der Waals surface area contributed by atoms with Gasteiger partial charge in [0.2, 0.25) is 0 Å². The van der Waals surface area contributed by atoms with E-state index in [0.29, 0.717) is 0 Å². The first-order valence-corrected chi connectivity index (χ1v) is 18.5. The molecule has 2 heteroatoms. The predicted octanol–water partition coefficient (Wildman–Crippen LogP) is 14.4. The Balaban J connectivity index is 1.07. The maximum atomic E-state index is 6.34. The summed E-state index contributed by atoms with van der Waals surface area (Å²) >= 11 is 1.96. The maximum Gasteiger partial charge on any atom is 0.136 e. The number of para-hydroxylation sites is 1. The third kappa shape index (κ3) is 4.03. The molecule has 51 heavy (non-hydrogen) atoms. The normalized spacial score (nSPS) is 13.5. The van der Waals surface area contributed by atoms with E-state index in [0.717, 1.165) is 16.6 Å². The summed E-state index contributed by atoms with van der Waals surface area (Å²) in [7, 11) is 0. The quantitative estimate of drug-likeness (QED) is 0.171. The van der Waals surface area contributed by atoms with Gasteiger partial charge in [-0.05, 0) is 84.3 Å². The van der Waals surface area contributed by atoms with E-state index < -0.39 is 0 Å². The van der Waals surface area contributed by atoms with Crippen LogP contribution in [0.15, 0.2) is 162 Å². The van der Waals surface area contributed by atoms with E-state index in [4.69, 9.17) is 4.42 Å². The monoisotopic (exact) mass is 668 g/mol. The lowest BCUT2D eigenvalue weighted by atomic mass is 9.84. The standard InChI is InChI=1S/C49H32OS/c1-49(2)40-19-9-7-16-36(40)47-38-27-26-31(28-43(38)51-48(47)49)29-22-24-30(25-23-29)44-32-12-3-5-14-34(32)45(35-15-6-4-13-33(35)44)39-18-11-21-42-46(39)37-17-8-10-20-41(37)50-42/h3-28H,1-2H3. The molecular weight excluding hydrogens is 637 g/mol. The fraction of sp³-hybridized carbons (Fsp3) is 0.0612. The second kappa shape index (κ2) is 10.5. The minimum Gasteiger partial charge on any atom is -0.456 e. The van der Waals surface area contributed by atoms with Crippen molar-refractivity contribution in [2.24, 2.45) is 0 Å². The molecule has 0 unspecified atom stereocenters. The highest BCUT2D eigenvalue weighted by molar-refractivity contribution is 7.20. The molecular formula is C49H32OS. The van der Waals surface area contributed by atoms with Crippen molar-refractivity contribution in [1.29, 1.82) is 0 Å². The van der Waals surface area contributed by atoms with Gasteiger partial charge in [0.1, 0.15) is 11.2 Å². The third-order valence-corrected chi connectivity index (χ3v) is 12.7. The molecule has 0 fully saturated rings. The van der Waals surface area contributed by atoms with Crippen molar-refractivity contribution in [3.8, 4) is 44.5 Å². The van der Waals surface area contributed by atoms with E-state index in [-0.39, 0.29) is 5.41 Å².